The number of carbonyl (C=O) groups excluding carboxylic acids is 1. The minimum Gasteiger partial charge on any atom is -0.277 e. The van der Waals surface area contributed by atoms with Crippen molar-refractivity contribution in [2.45, 2.75) is 18.9 Å². The van der Waals surface area contributed by atoms with E-state index in [1.165, 1.54) is 6.20 Å². The first-order valence-corrected chi connectivity index (χ1v) is 8.90. The van der Waals surface area contributed by atoms with E-state index >= 15 is 0 Å². The highest BCUT2D eigenvalue weighted by atomic mass is 32.2. The molecule has 0 bridgehead atoms. The molecule has 0 saturated carbocycles. The lowest BCUT2D eigenvalue weighted by atomic mass is 10.4. The van der Waals surface area contributed by atoms with E-state index in [2.05, 4.69) is 20.3 Å². The molecule has 0 aromatic carbocycles. The van der Waals surface area contributed by atoms with Crippen LogP contribution in [-0.2, 0) is 10.0 Å². The number of carbonyl (C=O) groups is 1. The van der Waals surface area contributed by atoms with E-state index in [0.29, 0.717) is 11.4 Å². The summed E-state index contributed by atoms with van der Waals surface area (Å²) in [6, 6.07) is 0.582. The predicted molar refractivity (Wildman–Crippen MR) is 83.9 cm³/mol. The zero-order chi connectivity index (χ0) is 17.5. The lowest BCUT2D eigenvalue weighted by Crippen LogP contribution is -2.36. The van der Waals surface area contributed by atoms with Gasteiger partial charge in [-0.2, -0.15) is 17.8 Å². The number of nitrogens with zero attached hydrogens (tertiary/aromatic N) is 4. The topological polar surface area (TPSA) is 118 Å². The van der Waals surface area contributed by atoms with Crippen molar-refractivity contribution in [3.8, 4) is 0 Å². The van der Waals surface area contributed by atoms with Gasteiger partial charge < -0.3 is 0 Å². The molecule has 3 heterocycles. The first-order valence-electron chi connectivity index (χ1n) is 6.53. The molecule has 0 aliphatic rings. The molecule has 12 heteroatoms. The Hall–Kier alpha value is -2.60. The van der Waals surface area contributed by atoms with Gasteiger partial charge in [0, 0.05) is 23.0 Å². The number of urea groups is 1. The number of amides is 2. The van der Waals surface area contributed by atoms with Gasteiger partial charge in [0.05, 0.1) is 0 Å². The van der Waals surface area contributed by atoms with E-state index in [9.17, 15) is 17.6 Å². The normalized spacial score (nSPS) is 11.6. The van der Waals surface area contributed by atoms with Gasteiger partial charge in [-0.15, -0.1) is 11.3 Å². The van der Waals surface area contributed by atoms with E-state index < -0.39 is 27.0 Å². The molecule has 0 saturated heterocycles. The van der Waals surface area contributed by atoms with Crippen molar-refractivity contribution >= 4 is 38.3 Å². The van der Waals surface area contributed by atoms with Gasteiger partial charge in [-0.3, -0.25) is 9.72 Å². The van der Waals surface area contributed by atoms with Gasteiger partial charge in [-0.25, -0.2) is 19.5 Å². The Morgan fingerprint density at radius 3 is 2.58 bits per heavy atom. The van der Waals surface area contributed by atoms with E-state index in [1.807, 2.05) is 0 Å². The number of sulfonamides is 1. The first kappa shape index (κ1) is 16.3. The Labute approximate surface area is 139 Å². The summed E-state index contributed by atoms with van der Waals surface area (Å²) in [4.78, 5) is 23.5. The lowest BCUT2D eigenvalue weighted by Gasteiger charge is -2.08. The van der Waals surface area contributed by atoms with Crippen LogP contribution in [0.3, 0.4) is 0 Å². The van der Waals surface area contributed by atoms with Gasteiger partial charge in [0.1, 0.15) is 0 Å². The molecule has 3 rings (SSSR count). The van der Waals surface area contributed by atoms with Crippen LogP contribution in [0.15, 0.2) is 22.7 Å². The number of fused-ring (bicyclic) bond motifs is 1. The van der Waals surface area contributed by atoms with Crippen molar-refractivity contribution in [1.82, 2.24) is 24.1 Å². The van der Waals surface area contributed by atoms with Gasteiger partial charge >= 0.3 is 6.03 Å². The number of aromatic nitrogens is 4. The van der Waals surface area contributed by atoms with Crippen molar-refractivity contribution in [2.75, 3.05) is 5.32 Å². The number of halogens is 1. The van der Waals surface area contributed by atoms with Gasteiger partial charge in [0.2, 0.25) is 11.0 Å². The Kier molecular flexibility index (Phi) is 3.93. The molecule has 9 nitrogen and oxygen atoms in total. The second kappa shape index (κ2) is 5.79. The second-order valence-corrected chi connectivity index (χ2v) is 7.27. The fourth-order valence-corrected chi connectivity index (χ4v) is 3.88. The quantitative estimate of drug-likeness (QED) is 0.720. The molecule has 3 aromatic rings. The van der Waals surface area contributed by atoms with Crippen molar-refractivity contribution in [1.29, 1.82) is 0 Å². The van der Waals surface area contributed by atoms with E-state index in [1.54, 1.807) is 30.0 Å². The summed E-state index contributed by atoms with van der Waals surface area (Å²) < 4.78 is 41.1. The minimum atomic E-state index is -4.47. The van der Waals surface area contributed by atoms with Crippen molar-refractivity contribution in [3.63, 3.8) is 0 Å². The fourth-order valence-electron chi connectivity index (χ4n) is 2.06. The number of hydrogen-bond acceptors (Lipinski definition) is 7. The standard InChI is InChI=1S/C12H11FN6O3S2/c1-6-5-7(2)15-10(14-6)17-11(20)18-24(21,22)9-8(13)16-12-19(9)3-4-23-12/h3-5H,1-2H3,(H2,14,15,17,18,20). The Bertz CT molecular complexity index is 1020. The Morgan fingerprint density at radius 2 is 1.92 bits per heavy atom. The maximum absolute atomic E-state index is 13.8. The van der Waals surface area contributed by atoms with Crippen LogP contribution in [0.1, 0.15) is 11.4 Å². The molecule has 0 radical (unpaired) electrons. The van der Waals surface area contributed by atoms with E-state index in [-0.39, 0.29) is 10.9 Å². The number of thiazole rings is 1. The molecule has 0 fully saturated rings. The van der Waals surface area contributed by atoms with Crippen LogP contribution < -0.4 is 10.0 Å². The highest BCUT2D eigenvalue weighted by molar-refractivity contribution is 7.90. The summed E-state index contributed by atoms with van der Waals surface area (Å²) in [7, 11) is -4.47. The molecular weight excluding hydrogens is 359 g/mol. The molecule has 0 spiro atoms. The molecule has 0 unspecified atom stereocenters. The third kappa shape index (κ3) is 3.05. The zero-order valence-electron chi connectivity index (χ0n) is 12.4. The number of hydrogen-bond donors (Lipinski definition) is 2. The fraction of sp³-hybridized carbons (Fsp3) is 0.167. The molecular formula is C12H11FN6O3S2. The zero-order valence-corrected chi connectivity index (χ0v) is 14.1. The molecule has 3 aromatic heterocycles. The molecule has 2 N–H and O–H groups in total. The molecule has 0 atom stereocenters. The highest BCUT2D eigenvalue weighted by Crippen LogP contribution is 2.20. The van der Waals surface area contributed by atoms with Crippen LogP contribution in [0, 0.1) is 19.8 Å². The van der Waals surface area contributed by atoms with Crippen LogP contribution in [0.25, 0.3) is 4.96 Å². The Balaban J connectivity index is 1.85. The summed E-state index contributed by atoms with van der Waals surface area (Å²) in [6.45, 7) is 3.40. The molecule has 0 aliphatic carbocycles. The number of imidazole rings is 1. The van der Waals surface area contributed by atoms with Gasteiger partial charge in [-0.05, 0) is 19.9 Å². The molecule has 24 heavy (non-hydrogen) atoms. The average molecular weight is 370 g/mol. The third-order valence-corrected chi connectivity index (χ3v) is 4.95. The second-order valence-electron chi connectivity index (χ2n) is 4.80. The lowest BCUT2D eigenvalue weighted by molar-refractivity contribution is 0.256. The monoisotopic (exact) mass is 370 g/mol. The summed E-state index contributed by atoms with van der Waals surface area (Å²) in [6.07, 6.45) is 1.34. The SMILES string of the molecule is Cc1cc(C)nc(NC(=O)NS(=O)(=O)c2c(F)nc3sccn23)n1. The average Bonchev–Trinajstić information content (AvgIpc) is 2.95. The van der Waals surface area contributed by atoms with Gasteiger partial charge in [0.15, 0.2) is 4.96 Å². The van der Waals surface area contributed by atoms with Crippen LogP contribution >= 0.6 is 11.3 Å². The van der Waals surface area contributed by atoms with Crippen molar-refractivity contribution in [2.24, 2.45) is 0 Å². The van der Waals surface area contributed by atoms with Crippen molar-refractivity contribution < 1.29 is 17.6 Å². The van der Waals surface area contributed by atoms with Crippen LogP contribution in [-0.4, -0.2) is 33.8 Å². The van der Waals surface area contributed by atoms with Crippen LogP contribution in [0.4, 0.5) is 15.1 Å². The third-order valence-electron chi connectivity index (χ3n) is 2.87. The highest BCUT2D eigenvalue weighted by Gasteiger charge is 2.28. The molecule has 0 aliphatic heterocycles. The number of anilines is 1. The summed E-state index contributed by atoms with van der Waals surface area (Å²) >= 11 is 1.06. The largest absolute Gasteiger partial charge is 0.335 e. The maximum atomic E-state index is 13.8. The maximum Gasteiger partial charge on any atom is 0.335 e. The summed E-state index contributed by atoms with van der Waals surface area (Å²) in [5, 5.41) is 3.01. The molecule has 126 valence electrons. The van der Waals surface area contributed by atoms with E-state index in [0.717, 1.165) is 15.7 Å². The van der Waals surface area contributed by atoms with E-state index in [4.69, 9.17) is 0 Å². The predicted octanol–water partition coefficient (Wildman–Crippen LogP) is 1.45. The summed E-state index contributed by atoms with van der Waals surface area (Å²) in [5.41, 5.74) is 1.20. The number of rotatable bonds is 3. The van der Waals surface area contributed by atoms with Gasteiger partial charge in [-0.1, -0.05) is 0 Å². The van der Waals surface area contributed by atoms with Crippen LogP contribution in [0.5, 0.6) is 0 Å². The number of aryl methyl sites for hydroxylation is 2. The smallest absolute Gasteiger partial charge is 0.277 e. The van der Waals surface area contributed by atoms with Crippen molar-refractivity contribution in [3.05, 3.63) is 35.0 Å². The Morgan fingerprint density at radius 1 is 1.25 bits per heavy atom. The first-order chi connectivity index (χ1) is 11.3. The van der Waals surface area contributed by atoms with Gasteiger partial charge in [0.25, 0.3) is 16.0 Å². The summed E-state index contributed by atoms with van der Waals surface area (Å²) in [5.74, 6) is -1.25. The number of nitrogens with one attached hydrogen (secondary N) is 2. The minimum absolute atomic E-state index is 0.0605. The molecule has 2 amide bonds. The van der Waals surface area contributed by atoms with Crippen LogP contribution in [0.2, 0.25) is 0 Å².